The van der Waals surface area contributed by atoms with Gasteiger partial charge < -0.3 is 0 Å². The number of carbonyl (C=O) groups is 1. The van der Waals surface area contributed by atoms with Crippen LogP contribution in [0.25, 0.3) is 0 Å². The van der Waals surface area contributed by atoms with E-state index in [0.717, 1.165) is 12.1 Å². The number of hydrogen-bond donors (Lipinski definition) is 0. The van der Waals surface area contributed by atoms with Crippen LogP contribution in [0.5, 0.6) is 0 Å². The van der Waals surface area contributed by atoms with Crippen molar-refractivity contribution in [2.24, 2.45) is 7.05 Å². The van der Waals surface area contributed by atoms with Gasteiger partial charge in [0.05, 0.1) is 0 Å². The van der Waals surface area contributed by atoms with Crippen LogP contribution in [-0.2, 0) is 7.05 Å². The van der Waals surface area contributed by atoms with Crippen molar-refractivity contribution in [3.63, 3.8) is 0 Å². The molecule has 0 aliphatic rings. The number of rotatable bonds is 2. The Morgan fingerprint density at radius 2 is 2.00 bits per heavy atom. The van der Waals surface area contributed by atoms with Crippen LogP contribution in [0.2, 0.25) is 0 Å². The van der Waals surface area contributed by atoms with Crippen molar-refractivity contribution in [2.75, 3.05) is 0 Å². The summed E-state index contributed by atoms with van der Waals surface area (Å²) in [6.45, 7) is 0. The highest BCUT2D eigenvalue weighted by molar-refractivity contribution is 6.07. The summed E-state index contributed by atoms with van der Waals surface area (Å²) < 4.78 is 27.0. The summed E-state index contributed by atoms with van der Waals surface area (Å²) in [6.07, 6.45) is 1.47. The number of benzene rings is 1. The molecule has 0 atom stereocenters. The Hall–Kier alpha value is -2.04. The summed E-state index contributed by atoms with van der Waals surface area (Å²) >= 11 is 0. The molecule has 1 aromatic heterocycles. The van der Waals surface area contributed by atoms with Crippen LogP contribution in [0.15, 0.2) is 30.5 Å². The third-order valence-corrected chi connectivity index (χ3v) is 2.24. The Morgan fingerprint density at radius 3 is 2.56 bits per heavy atom. The third-order valence-electron chi connectivity index (χ3n) is 2.24. The van der Waals surface area contributed by atoms with E-state index in [9.17, 15) is 13.6 Å². The molecule has 0 unspecified atom stereocenters. The number of ketones is 1. The molecule has 0 N–H and O–H groups in total. The largest absolute Gasteiger partial charge is 0.287 e. The van der Waals surface area contributed by atoms with Gasteiger partial charge in [0.15, 0.2) is 11.6 Å². The highest BCUT2D eigenvalue weighted by atomic mass is 19.2. The van der Waals surface area contributed by atoms with Crippen LogP contribution < -0.4 is 0 Å². The van der Waals surface area contributed by atoms with Crippen LogP contribution >= 0.6 is 0 Å². The third kappa shape index (κ3) is 1.71. The zero-order valence-corrected chi connectivity index (χ0v) is 8.45. The second-order valence-electron chi connectivity index (χ2n) is 3.30. The molecule has 0 amide bonds. The number of aromatic nitrogens is 2. The molecular weight excluding hydrogens is 214 g/mol. The summed E-state index contributed by atoms with van der Waals surface area (Å²) in [6, 6.07) is 4.57. The molecule has 0 bridgehead atoms. The van der Waals surface area contributed by atoms with E-state index in [-0.39, 0.29) is 11.3 Å². The molecule has 2 rings (SSSR count). The SMILES string of the molecule is Cn1nccc1C(=O)c1ccc(F)c(F)c1. The Labute approximate surface area is 90.3 Å². The average Bonchev–Trinajstić information content (AvgIpc) is 2.67. The zero-order valence-electron chi connectivity index (χ0n) is 8.45. The highest BCUT2D eigenvalue weighted by Gasteiger charge is 2.14. The summed E-state index contributed by atoms with van der Waals surface area (Å²) in [5.41, 5.74) is 0.425. The normalized spacial score (nSPS) is 10.4. The molecule has 0 spiro atoms. The van der Waals surface area contributed by atoms with Crippen molar-refractivity contribution in [3.8, 4) is 0 Å². The van der Waals surface area contributed by atoms with Crippen molar-refractivity contribution < 1.29 is 13.6 Å². The minimum atomic E-state index is -1.03. The van der Waals surface area contributed by atoms with E-state index >= 15 is 0 Å². The Bertz CT molecular complexity index is 549. The maximum absolute atomic E-state index is 12.9. The van der Waals surface area contributed by atoms with Crippen molar-refractivity contribution in [1.82, 2.24) is 9.78 Å². The second kappa shape index (κ2) is 3.84. The topological polar surface area (TPSA) is 34.9 Å². The van der Waals surface area contributed by atoms with Gasteiger partial charge in [0.2, 0.25) is 5.78 Å². The van der Waals surface area contributed by atoms with Crippen LogP contribution in [0.4, 0.5) is 8.78 Å². The van der Waals surface area contributed by atoms with E-state index in [1.165, 1.54) is 23.0 Å². The van der Waals surface area contributed by atoms with Gasteiger partial charge in [0, 0.05) is 18.8 Å². The fourth-order valence-corrected chi connectivity index (χ4v) is 1.38. The first-order valence-electron chi connectivity index (χ1n) is 4.57. The first-order chi connectivity index (χ1) is 7.59. The van der Waals surface area contributed by atoms with Crippen molar-refractivity contribution in [3.05, 3.63) is 53.4 Å². The van der Waals surface area contributed by atoms with Gasteiger partial charge in [0.1, 0.15) is 5.69 Å². The molecule has 82 valence electrons. The van der Waals surface area contributed by atoms with Gasteiger partial charge in [0.25, 0.3) is 0 Å². The quantitative estimate of drug-likeness (QED) is 0.728. The van der Waals surface area contributed by atoms with Crippen LogP contribution in [0.1, 0.15) is 16.1 Å². The van der Waals surface area contributed by atoms with Crippen LogP contribution in [0, 0.1) is 11.6 Å². The van der Waals surface area contributed by atoms with Gasteiger partial charge in [-0.2, -0.15) is 5.10 Å². The monoisotopic (exact) mass is 222 g/mol. The number of halogens is 2. The molecule has 0 aliphatic heterocycles. The first-order valence-corrected chi connectivity index (χ1v) is 4.57. The minimum Gasteiger partial charge on any atom is -0.287 e. The predicted molar refractivity (Wildman–Crippen MR) is 53.0 cm³/mol. The molecule has 2 aromatic rings. The second-order valence-corrected chi connectivity index (χ2v) is 3.30. The van der Waals surface area contributed by atoms with E-state index in [4.69, 9.17) is 0 Å². The van der Waals surface area contributed by atoms with Gasteiger partial charge in [-0.05, 0) is 24.3 Å². The molecule has 1 aromatic carbocycles. The summed E-state index contributed by atoms with van der Waals surface area (Å²) in [5, 5.41) is 3.83. The maximum Gasteiger partial charge on any atom is 0.211 e. The Morgan fingerprint density at radius 1 is 1.25 bits per heavy atom. The lowest BCUT2D eigenvalue weighted by Gasteiger charge is -2.01. The molecule has 5 heteroatoms. The number of aryl methyl sites for hydroxylation is 1. The molecule has 16 heavy (non-hydrogen) atoms. The Balaban J connectivity index is 2.42. The molecule has 0 radical (unpaired) electrons. The lowest BCUT2D eigenvalue weighted by Crippen LogP contribution is -2.08. The highest BCUT2D eigenvalue weighted by Crippen LogP contribution is 2.12. The average molecular weight is 222 g/mol. The smallest absolute Gasteiger partial charge is 0.211 e. The minimum absolute atomic E-state index is 0.0995. The molecule has 1 heterocycles. The van der Waals surface area contributed by atoms with E-state index in [1.807, 2.05) is 0 Å². The standard InChI is InChI=1S/C11H8F2N2O/c1-15-10(4-5-14-15)11(16)7-2-3-8(12)9(13)6-7/h2-6H,1H3. The molecule has 0 aliphatic carbocycles. The first kappa shape index (κ1) is 10.5. The maximum atomic E-state index is 12.9. The van der Waals surface area contributed by atoms with Gasteiger partial charge >= 0.3 is 0 Å². The van der Waals surface area contributed by atoms with Gasteiger partial charge in [-0.25, -0.2) is 8.78 Å². The number of hydrogen-bond acceptors (Lipinski definition) is 2. The lowest BCUT2D eigenvalue weighted by molar-refractivity contribution is 0.102. The summed E-state index contributed by atoms with van der Waals surface area (Å²) in [4.78, 5) is 11.8. The van der Waals surface area contributed by atoms with Crippen molar-refractivity contribution >= 4 is 5.78 Å². The summed E-state index contributed by atoms with van der Waals surface area (Å²) in [7, 11) is 1.60. The van der Waals surface area contributed by atoms with Gasteiger partial charge in [-0.1, -0.05) is 0 Å². The Kier molecular flexibility index (Phi) is 2.52. The summed E-state index contributed by atoms with van der Waals surface area (Å²) in [5.74, 6) is -2.39. The zero-order chi connectivity index (χ0) is 11.7. The van der Waals surface area contributed by atoms with E-state index in [2.05, 4.69) is 5.10 Å². The van der Waals surface area contributed by atoms with Crippen LogP contribution in [0.3, 0.4) is 0 Å². The van der Waals surface area contributed by atoms with Gasteiger partial charge in [-0.3, -0.25) is 9.48 Å². The fraction of sp³-hybridized carbons (Fsp3) is 0.0909. The molecule has 0 saturated carbocycles. The van der Waals surface area contributed by atoms with Crippen molar-refractivity contribution in [1.29, 1.82) is 0 Å². The van der Waals surface area contributed by atoms with Crippen LogP contribution in [-0.4, -0.2) is 15.6 Å². The fourth-order valence-electron chi connectivity index (χ4n) is 1.38. The molecule has 0 fully saturated rings. The van der Waals surface area contributed by atoms with Gasteiger partial charge in [-0.15, -0.1) is 0 Å². The predicted octanol–water partition coefficient (Wildman–Crippen LogP) is 1.93. The number of nitrogens with zero attached hydrogens (tertiary/aromatic N) is 2. The van der Waals surface area contributed by atoms with E-state index in [0.29, 0.717) is 5.69 Å². The molecule has 3 nitrogen and oxygen atoms in total. The van der Waals surface area contributed by atoms with E-state index < -0.39 is 11.6 Å². The molecule has 0 saturated heterocycles. The van der Waals surface area contributed by atoms with E-state index in [1.54, 1.807) is 7.05 Å². The number of carbonyl (C=O) groups excluding carboxylic acids is 1. The lowest BCUT2D eigenvalue weighted by atomic mass is 10.1. The van der Waals surface area contributed by atoms with Crippen molar-refractivity contribution in [2.45, 2.75) is 0 Å². The molecular formula is C11H8F2N2O.